The van der Waals surface area contributed by atoms with E-state index in [-0.39, 0.29) is 24.4 Å². The molecule has 0 heterocycles. The van der Waals surface area contributed by atoms with Gasteiger partial charge >= 0.3 is 5.97 Å². The van der Waals surface area contributed by atoms with Gasteiger partial charge in [-0.25, -0.2) is 0 Å². The molecule has 3 N–H and O–H groups in total. The van der Waals surface area contributed by atoms with Crippen LogP contribution in [0, 0.1) is 5.92 Å². The second-order valence-electron chi connectivity index (χ2n) is 5.79. The molecule has 2 aliphatic carbocycles. The number of amides is 1. The molecule has 0 radical (unpaired) electrons. The van der Waals surface area contributed by atoms with E-state index >= 15 is 0 Å². The zero-order valence-electron chi connectivity index (χ0n) is 11.4. The number of carbonyl (C=O) groups excluding carboxylic acids is 1. The lowest BCUT2D eigenvalue weighted by Crippen LogP contribution is -2.46. The third-order valence-corrected chi connectivity index (χ3v) is 4.06. The molecule has 5 heteroatoms. The van der Waals surface area contributed by atoms with E-state index in [2.05, 4.69) is 10.6 Å². The fraction of sp³-hybridized carbons (Fsp3) is 0.857. The lowest BCUT2D eigenvalue weighted by molar-refractivity contribution is -0.140. The van der Waals surface area contributed by atoms with E-state index < -0.39 is 12.0 Å². The van der Waals surface area contributed by atoms with Crippen molar-refractivity contribution in [1.29, 1.82) is 0 Å². The summed E-state index contributed by atoms with van der Waals surface area (Å²) in [5.74, 6) is -0.702. The van der Waals surface area contributed by atoms with Crippen LogP contribution in [-0.4, -0.2) is 35.6 Å². The van der Waals surface area contributed by atoms with Gasteiger partial charge in [0.1, 0.15) is 6.04 Å². The standard InChI is InChI=1S/C14H24N2O3/c17-12(16-11-5-3-1-2-4-6-11)9-15-13(14(18)19)10-7-8-10/h10-11,13,15H,1-9H2,(H,16,17)(H,18,19). The van der Waals surface area contributed by atoms with Gasteiger partial charge in [0.25, 0.3) is 0 Å². The summed E-state index contributed by atoms with van der Waals surface area (Å²) in [5.41, 5.74) is 0. The highest BCUT2D eigenvalue weighted by Gasteiger charge is 2.36. The predicted molar refractivity (Wildman–Crippen MR) is 71.8 cm³/mol. The minimum Gasteiger partial charge on any atom is -0.480 e. The molecule has 2 saturated carbocycles. The number of hydrogen-bond acceptors (Lipinski definition) is 3. The Kier molecular flexibility index (Phi) is 5.19. The summed E-state index contributed by atoms with van der Waals surface area (Å²) in [4.78, 5) is 22.9. The lowest BCUT2D eigenvalue weighted by Gasteiger charge is -2.18. The van der Waals surface area contributed by atoms with Crippen molar-refractivity contribution in [2.75, 3.05) is 6.54 Å². The molecule has 1 unspecified atom stereocenters. The number of hydrogen-bond donors (Lipinski definition) is 3. The fourth-order valence-electron chi connectivity index (χ4n) is 2.79. The van der Waals surface area contributed by atoms with Gasteiger partial charge in [0, 0.05) is 6.04 Å². The second kappa shape index (κ2) is 6.89. The lowest BCUT2D eigenvalue weighted by atomic mass is 10.1. The third kappa shape index (κ3) is 4.82. The molecule has 2 aliphatic rings. The van der Waals surface area contributed by atoms with Crippen LogP contribution in [0.4, 0.5) is 0 Å². The van der Waals surface area contributed by atoms with Crippen LogP contribution in [0.25, 0.3) is 0 Å². The van der Waals surface area contributed by atoms with E-state index in [1.165, 1.54) is 25.7 Å². The van der Waals surface area contributed by atoms with Crippen LogP contribution in [0.5, 0.6) is 0 Å². The molecule has 0 aromatic rings. The van der Waals surface area contributed by atoms with Gasteiger partial charge in [-0.1, -0.05) is 25.7 Å². The summed E-state index contributed by atoms with van der Waals surface area (Å²) >= 11 is 0. The van der Waals surface area contributed by atoms with Crippen LogP contribution in [-0.2, 0) is 9.59 Å². The molecule has 108 valence electrons. The first kappa shape index (κ1) is 14.3. The van der Waals surface area contributed by atoms with Gasteiger partial charge in [0.2, 0.25) is 5.91 Å². The maximum Gasteiger partial charge on any atom is 0.320 e. The molecule has 0 bridgehead atoms. The Hall–Kier alpha value is -1.10. The number of carboxylic acid groups (broad SMARTS) is 1. The van der Waals surface area contributed by atoms with Crippen molar-refractivity contribution < 1.29 is 14.7 Å². The summed E-state index contributed by atoms with van der Waals surface area (Å²) in [6.07, 6.45) is 8.88. The summed E-state index contributed by atoms with van der Waals surface area (Å²) in [5, 5.41) is 15.0. The molecule has 0 saturated heterocycles. The largest absolute Gasteiger partial charge is 0.480 e. The van der Waals surface area contributed by atoms with E-state index in [9.17, 15) is 9.59 Å². The van der Waals surface area contributed by atoms with Crippen LogP contribution in [0.2, 0.25) is 0 Å². The van der Waals surface area contributed by atoms with E-state index in [0.717, 1.165) is 25.7 Å². The Balaban J connectivity index is 1.69. The SMILES string of the molecule is O=C(CNC(C(=O)O)C1CC1)NC1CCCCCC1. The summed E-state index contributed by atoms with van der Waals surface area (Å²) < 4.78 is 0. The molecule has 0 aromatic carbocycles. The van der Waals surface area contributed by atoms with Gasteiger partial charge < -0.3 is 10.4 Å². The molecular weight excluding hydrogens is 244 g/mol. The highest BCUT2D eigenvalue weighted by Crippen LogP contribution is 2.32. The molecule has 1 amide bonds. The van der Waals surface area contributed by atoms with Crippen molar-refractivity contribution in [3.05, 3.63) is 0 Å². The molecule has 0 spiro atoms. The van der Waals surface area contributed by atoms with Crippen molar-refractivity contribution >= 4 is 11.9 Å². The van der Waals surface area contributed by atoms with Crippen molar-refractivity contribution in [2.24, 2.45) is 5.92 Å². The Bertz CT molecular complexity index is 321. The maximum atomic E-state index is 11.8. The van der Waals surface area contributed by atoms with Gasteiger partial charge in [-0.15, -0.1) is 0 Å². The molecule has 2 rings (SSSR count). The Labute approximate surface area is 114 Å². The van der Waals surface area contributed by atoms with Crippen molar-refractivity contribution in [3.8, 4) is 0 Å². The zero-order chi connectivity index (χ0) is 13.7. The molecule has 1 atom stereocenters. The van der Waals surface area contributed by atoms with Crippen LogP contribution < -0.4 is 10.6 Å². The first-order valence-electron chi connectivity index (χ1n) is 7.42. The van der Waals surface area contributed by atoms with Crippen LogP contribution in [0.15, 0.2) is 0 Å². The van der Waals surface area contributed by atoms with Gasteiger partial charge in [0.05, 0.1) is 6.54 Å². The van der Waals surface area contributed by atoms with E-state index in [0.29, 0.717) is 0 Å². The number of aliphatic carboxylic acids is 1. The topological polar surface area (TPSA) is 78.4 Å². The average molecular weight is 268 g/mol. The first-order chi connectivity index (χ1) is 9.16. The third-order valence-electron chi connectivity index (χ3n) is 4.06. The summed E-state index contributed by atoms with van der Waals surface area (Å²) in [7, 11) is 0. The van der Waals surface area contributed by atoms with Crippen molar-refractivity contribution in [3.63, 3.8) is 0 Å². The number of carbonyl (C=O) groups is 2. The van der Waals surface area contributed by atoms with Crippen LogP contribution >= 0.6 is 0 Å². The molecule has 0 aromatic heterocycles. The summed E-state index contributed by atoms with van der Waals surface area (Å²) in [6.45, 7) is 0.115. The monoisotopic (exact) mass is 268 g/mol. The van der Waals surface area contributed by atoms with Crippen molar-refractivity contribution in [1.82, 2.24) is 10.6 Å². The van der Waals surface area contributed by atoms with Crippen molar-refractivity contribution in [2.45, 2.75) is 63.5 Å². The highest BCUT2D eigenvalue weighted by molar-refractivity contribution is 5.80. The number of nitrogens with one attached hydrogen (secondary N) is 2. The van der Waals surface area contributed by atoms with Crippen LogP contribution in [0.1, 0.15) is 51.4 Å². The van der Waals surface area contributed by atoms with Gasteiger partial charge in [-0.05, 0) is 31.6 Å². The molecule has 2 fully saturated rings. The molecule has 5 nitrogen and oxygen atoms in total. The molecule has 0 aliphatic heterocycles. The Morgan fingerprint density at radius 1 is 1.05 bits per heavy atom. The first-order valence-corrected chi connectivity index (χ1v) is 7.42. The van der Waals surface area contributed by atoms with E-state index in [4.69, 9.17) is 5.11 Å². The molecular formula is C14H24N2O3. The quantitative estimate of drug-likeness (QED) is 0.634. The van der Waals surface area contributed by atoms with Crippen LogP contribution in [0.3, 0.4) is 0 Å². The average Bonchev–Trinajstić information content (AvgIpc) is 3.16. The second-order valence-corrected chi connectivity index (χ2v) is 5.79. The van der Waals surface area contributed by atoms with Gasteiger partial charge in [-0.3, -0.25) is 14.9 Å². The fourth-order valence-corrected chi connectivity index (χ4v) is 2.79. The van der Waals surface area contributed by atoms with Gasteiger partial charge in [-0.2, -0.15) is 0 Å². The number of rotatable bonds is 6. The highest BCUT2D eigenvalue weighted by atomic mass is 16.4. The minimum absolute atomic E-state index is 0.0706. The normalized spacial score (nSPS) is 22.5. The predicted octanol–water partition coefficient (Wildman–Crippen LogP) is 1.28. The Morgan fingerprint density at radius 2 is 1.68 bits per heavy atom. The smallest absolute Gasteiger partial charge is 0.320 e. The Morgan fingerprint density at radius 3 is 2.21 bits per heavy atom. The zero-order valence-corrected chi connectivity index (χ0v) is 11.4. The number of carboxylic acids is 1. The summed E-state index contributed by atoms with van der Waals surface area (Å²) in [6, 6.07) is -0.277. The maximum absolute atomic E-state index is 11.8. The van der Waals surface area contributed by atoms with Gasteiger partial charge in [0.15, 0.2) is 0 Å². The van der Waals surface area contributed by atoms with E-state index in [1.54, 1.807) is 0 Å². The van der Waals surface area contributed by atoms with E-state index in [1.807, 2.05) is 0 Å². The molecule has 19 heavy (non-hydrogen) atoms. The minimum atomic E-state index is -0.843.